The molecule has 5 nitrogen and oxygen atoms in total. The van der Waals surface area contributed by atoms with Gasteiger partial charge in [0.1, 0.15) is 5.60 Å². The van der Waals surface area contributed by atoms with E-state index in [1.54, 1.807) is 0 Å². The number of amides is 1. The fourth-order valence-electron chi connectivity index (χ4n) is 3.39. The van der Waals surface area contributed by atoms with Crippen molar-refractivity contribution in [2.24, 2.45) is 0 Å². The van der Waals surface area contributed by atoms with Gasteiger partial charge in [0.2, 0.25) is 0 Å². The molecule has 128 valence electrons. The van der Waals surface area contributed by atoms with E-state index in [9.17, 15) is 4.79 Å². The summed E-state index contributed by atoms with van der Waals surface area (Å²) in [5.74, 6) is 0. The summed E-state index contributed by atoms with van der Waals surface area (Å²) in [4.78, 5) is 14.2. The quantitative estimate of drug-likeness (QED) is 0.841. The largest absolute Gasteiger partial charge is 0.444 e. The lowest BCUT2D eigenvalue weighted by atomic mass is 9.90. The van der Waals surface area contributed by atoms with Gasteiger partial charge >= 0.3 is 6.09 Å². The van der Waals surface area contributed by atoms with Crippen LogP contribution in [0.3, 0.4) is 0 Å². The van der Waals surface area contributed by atoms with Crippen LogP contribution in [0, 0.1) is 0 Å². The summed E-state index contributed by atoms with van der Waals surface area (Å²) in [6.45, 7) is 8.10. The molecule has 1 aliphatic carbocycles. The molecule has 2 rings (SSSR count). The minimum atomic E-state index is -0.420. The molecule has 1 aliphatic heterocycles. The number of piperidine rings is 1. The van der Waals surface area contributed by atoms with Crippen LogP contribution >= 0.6 is 0 Å². The lowest BCUT2D eigenvalue weighted by molar-refractivity contribution is 0.0488. The van der Waals surface area contributed by atoms with Gasteiger partial charge in [-0.3, -0.25) is 0 Å². The van der Waals surface area contributed by atoms with Gasteiger partial charge in [0.05, 0.1) is 0 Å². The second-order valence-electron chi connectivity index (χ2n) is 7.94. The third-order valence-corrected chi connectivity index (χ3v) is 4.64. The topological polar surface area (TPSA) is 53.6 Å². The molecule has 0 bridgehead atoms. The predicted octanol–water partition coefficient (Wildman–Crippen LogP) is 2.51. The van der Waals surface area contributed by atoms with Crippen molar-refractivity contribution in [3.63, 3.8) is 0 Å². The van der Waals surface area contributed by atoms with Crippen LogP contribution in [0.5, 0.6) is 0 Å². The Labute approximate surface area is 135 Å². The van der Waals surface area contributed by atoms with Crippen molar-refractivity contribution >= 4 is 6.09 Å². The molecule has 0 radical (unpaired) electrons. The van der Waals surface area contributed by atoms with Gasteiger partial charge in [-0.2, -0.15) is 0 Å². The van der Waals surface area contributed by atoms with Crippen molar-refractivity contribution in [1.82, 2.24) is 15.5 Å². The monoisotopic (exact) mass is 311 g/mol. The molecular formula is C17H33N3O2. The highest BCUT2D eigenvalue weighted by atomic mass is 16.6. The first-order valence-corrected chi connectivity index (χ1v) is 8.76. The van der Waals surface area contributed by atoms with E-state index >= 15 is 0 Å². The van der Waals surface area contributed by atoms with Gasteiger partial charge in [0.15, 0.2) is 0 Å². The van der Waals surface area contributed by atoms with Gasteiger partial charge in [0, 0.05) is 18.1 Å². The van der Waals surface area contributed by atoms with Crippen LogP contribution in [0.2, 0.25) is 0 Å². The van der Waals surface area contributed by atoms with Crippen molar-refractivity contribution in [2.45, 2.75) is 83.0 Å². The first-order valence-electron chi connectivity index (χ1n) is 8.76. The van der Waals surface area contributed by atoms with Crippen molar-refractivity contribution in [3.8, 4) is 0 Å². The molecule has 22 heavy (non-hydrogen) atoms. The molecular weight excluding hydrogens is 278 g/mol. The molecule has 0 aromatic heterocycles. The highest BCUT2D eigenvalue weighted by molar-refractivity contribution is 5.68. The molecule has 2 aliphatic rings. The van der Waals surface area contributed by atoms with E-state index in [2.05, 4.69) is 22.6 Å². The van der Waals surface area contributed by atoms with E-state index < -0.39 is 5.60 Å². The number of carbonyl (C=O) groups is 1. The van der Waals surface area contributed by atoms with Crippen molar-refractivity contribution in [1.29, 1.82) is 0 Å². The Morgan fingerprint density at radius 3 is 2.00 bits per heavy atom. The predicted molar refractivity (Wildman–Crippen MR) is 89.1 cm³/mol. The van der Waals surface area contributed by atoms with Gasteiger partial charge in [-0.05, 0) is 79.4 Å². The average molecular weight is 311 g/mol. The third-order valence-electron chi connectivity index (χ3n) is 4.64. The normalized spacial score (nSPS) is 28.4. The van der Waals surface area contributed by atoms with Gasteiger partial charge in [-0.15, -0.1) is 0 Å². The number of carbonyl (C=O) groups excluding carboxylic acids is 1. The van der Waals surface area contributed by atoms with Crippen LogP contribution in [-0.2, 0) is 4.74 Å². The molecule has 0 aromatic rings. The van der Waals surface area contributed by atoms with E-state index in [0.717, 1.165) is 25.7 Å². The smallest absolute Gasteiger partial charge is 0.407 e. The van der Waals surface area contributed by atoms with E-state index in [0.29, 0.717) is 12.1 Å². The Morgan fingerprint density at radius 1 is 0.955 bits per heavy atom. The number of alkyl carbamates (subject to hydrolysis) is 1. The van der Waals surface area contributed by atoms with Gasteiger partial charge in [-0.1, -0.05) is 0 Å². The molecule has 0 unspecified atom stereocenters. The number of hydrogen-bond acceptors (Lipinski definition) is 4. The molecule has 1 saturated heterocycles. The second kappa shape index (κ2) is 7.64. The highest BCUT2D eigenvalue weighted by Gasteiger charge is 2.26. The van der Waals surface area contributed by atoms with Crippen LogP contribution in [0.15, 0.2) is 0 Å². The number of nitrogens with zero attached hydrogens (tertiary/aromatic N) is 1. The van der Waals surface area contributed by atoms with Crippen molar-refractivity contribution < 1.29 is 9.53 Å². The Bertz CT molecular complexity index is 351. The van der Waals surface area contributed by atoms with Crippen molar-refractivity contribution in [3.05, 3.63) is 0 Å². The van der Waals surface area contributed by atoms with Gasteiger partial charge in [-0.25, -0.2) is 4.79 Å². The Kier molecular flexibility index (Phi) is 6.09. The summed E-state index contributed by atoms with van der Waals surface area (Å²) in [5.41, 5.74) is -0.420. The fourth-order valence-corrected chi connectivity index (χ4v) is 3.39. The lowest BCUT2D eigenvalue weighted by Crippen LogP contribution is -2.48. The van der Waals surface area contributed by atoms with Gasteiger partial charge < -0.3 is 20.3 Å². The van der Waals surface area contributed by atoms with E-state index in [1.807, 2.05) is 20.8 Å². The Balaban J connectivity index is 1.64. The number of ether oxygens (including phenoxy) is 1. The maximum absolute atomic E-state index is 11.8. The molecule has 2 N–H and O–H groups in total. The summed E-state index contributed by atoms with van der Waals surface area (Å²) < 4.78 is 5.33. The zero-order valence-corrected chi connectivity index (χ0v) is 14.7. The number of rotatable bonds is 3. The average Bonchev–Trinajstić information content (AvgIpc) is 2.41. The lowest BCUT2D eigenvalue weighted by Gasteiger charge is -2.36. The highest BCUT2D eigenvalue weighted by Crippen LogP contribution is 2.21. The molecule has 0 aromatic carbocycles. The molecule has 2 fully saturated rings. The van der Waals surface area contributed by atoms with Crippen molar-refractivity contribution in [2.75, 3.05) is 20.1 Å². The summed E-state index contributed by atoms with van der Waals surface area (Å²) in [6, 6.07) is 1.56. The van der Waals surface area contributed by atoms with Crippen LogP contribution in [0.25, 0.3) is 0 Å². The zero-order chi connectivity index (χ0) is 16.2. The molecule has 0 atom stereocenters. The molecule has 1 saturated carbocycles. The second-order valence-corrected chi connectivity index (χ2v) is 7.94. The first kappa shape index (κ1) is 17.5. The number of hydrogen-bond donors (Lipinski definition) is 2. The van der Waals surface area contributed by atoms with Crippen LogP contribution in [-0.4, -0.2) is 54.9 Å². The number of nitrogens with one attached hydrogen (secondary N) is 2. The molecule has 1 amide bonds. The molecule has 0 spiro atoms. The maximum atomic E-state index is 11.8. The SMILES string of the molecule is CN1CCC(NC2CCC(NC(=O)OC(C)(C)C)CC2)CC1. The fraction of sp³-hybridized carbons (Fsp3) is 0.941. The third kappa shape index (κ3) is 6.13. The molecule has 5 heteroatoms. The maximum Gasteiger partial charge on any atom is 0.407 e. The Hall–Kier alpha value is -0.810. The van der Waals surface area contributed by atoms with Crippen LogP contribution in [0.4, 0.5) is 4.79 Å². The van der Waals surface area contributed by atoms with E-state index in [1.165, 1.54) is 25.9 Å². The summed E-state index contributed by atoms with van der Waals surface area (Å²) in [7, 11) is 2.20. The minimum Gasteiger partial charge on any atom is -0.444 e. The van der Waals surface area contributed by atoms with E-state index in [-0.39, 0.29) is 12.1 Å². The molecule has 1 heterocycles. The van der Waals surface area contributed by atoms with Gasteiger partial charge in [0.25, 0.3) is 0 Å². The summed E-state index contributed by atoms with van der Waals surface area (Å²) >= 11 is 0. The standard InChI is InChI=1S/C17H33N3O2/c1-17(2,3)22-16(21)19-14-7-5-13(6-8-14)18-15-9-11-20(4)12-10-15/h13-15,18H,5-12H2,1-4H3,(H,19,21). The minimum absolute atomic E-state index is 0.269. The zero-order valence-electron chi connectivity index (χ0n) is 14.7. The van der Waals surface area contributed by atoms with E-state index in [4.69, 9.17) is 4.74 Å². The summed E-state index contributed by atoms with van der Waals surface area (Å²) in [6.07, 6.45) is 6.62. The van der Waals surface area contributed by atoms with Crippen LogP contribution < -0.4 is 10.6 Å². The Morgan fingerprint density at radius 2 is 1.45 bits per heavy atom. The summed E-state index contributed by atoms with van der Waals surface area (Å²) in [5, 5.41) is 6.83. The first-order chi connectivity index (χ1) is 10.3. The van der Waals surface area contributed by atoms with Crippen LogP contribution in [0.1, 0.15) is 59.3 Å². The number of likely N-dealkylation sites (tertiary alicyclic amines) is 1.